The van der Waals surface area contributed by atoms with Gasteiger partial charge in [0.1, 0.15) is 5.69 Å². The van der Waals surface area contributed by atoms with Crippen molar-refractivity contribution in [1.82, 2.24) is 9.78 Å². The first kappa shape index (κ1) is 15.8. The molecule has 0 aliphatic heterocycles. The minimum atomic E-state index is -0.329. The highest BCUT2D eigenvalue weighted by Crippen LogP contribution is 2.32. The Morgan fingerprint density at radius 3 is 2.43 bits per heavy atom. The molecule has 1 fully saturated rings. The Morgan fingerprint density at radius 1 is 1.29 bits per heavy atom. The molecule has 6 nitrogen and oxygen atoms in total. The summed E-state index contributed by atoms with van der Waals surface area (Å²) >= 11 is 0. The van der Waals surface area contributed by atoms with Crippen molar-refractivity contribution in [3.8, 4) is 0 Å². The molecule has 1 N–H and O–H groups in total. The van der Waals surface area contributed by atoms with Crippen molar-refractivity contribution in [2.75, 3.05) is 11.9 Å². The first-order chi connectivity index (χ1) is 10.1. The van der Waals surface area contributed by atoms with E-state index in [1.54, 1.807) is 11.6 Å². The first-order valence-corrected chi connectivity index (χ1v) is 8.02. The highest BCUT2D eigenvalue weighted by molar-refractivity contribution is 5.59. The lowest BCUT2D eigenvalue weighted by molar-refractivity contribution is -0.384. The molecule has 0 aromatic carbocycles. The number of aryl methyl sites for hydroxylation is 2. The van der Waals surface area contributed by atoms with E-state index in [4.69, 9.17) is 0 Å². The largest absolute Gasteiger partial charge is 0.364 e. The summed E-state index contributed by atoms with van der Waals surface area (Å²) in [5.74, 6) is 2.06. The number of anilines is 1. The number of aromatic nitrogens is 2. The smallest absolute Gasteiger partial charge is 0.333 e. The van der Waals surface area contributed by atoms with E-state index in [9.17, 15) is 10.1 Å². The summed E-state index contributed by atoms with van der Waals surface area (Å²) in [7, 11) is 0. The molecular formula is C15H26N4O2. The molecule has 0 amide bonds. The second-order valence-corrected chi connectivity index (χ2v) is 6.03. The Hall–Kier alpha value is -1.59. The second-order valence-electron chi connectivity index (χ2n) is 6.03. The molecule has 1 aliphatic carbocycles. The number of hydrogen-bond acceptors (Lipinski definition) is 4. The summed E-state index contributed by atoms with van der Waals surface area (Å²) < 4.78 is 1.70. The van der Waals surface area contributed by atoms with Gasteiger partial charge in [0.05, 0.1) is 4.92 Å². The standard InChI is InChI=1S/C15H26N4O2/c1-4-12-6-8-13(9-7-12)10-16-15-14(19(20)21)11(3)17-18(15)5-2/h12-13,16H,4-10H2,1-3H3. The van der Waals surface area contributed by atoms with Crippen molar-refractivity contribution in [2.24, 2.45) is 11.8 Å². The molecule has 0 saturated heterocycles. The number of rotatable bonds is 6. The molecule has 1 heterocycles. The lowest BCUT2D eigenvalue weighted by Crippen LogP contribution is -2.22. The molecule has 1 aromatic heterocycles. The normalized spacial score (nSPS) is 22.2. The van der Waals surface area contributed by atoms with Gasteiger partial charge in [0.2, 0.25) is 5.82 Å². The molecule has 1 aliphatic rings. The van der Waals surface area contributed by atoms with Crippen LogP contribution in [0.25, 0.3) is 0 Å². The minimum Gasteiger partial charge on any atom is -0.364 e. The minimum absolute atomic E-state index is 0.124. The van der Waals surface area contributed by atoms with E-state index < -0.39 is 0 Å². The van der Waals surface area contributed by atoms with Crippen molar-refractivity contribution < 1.29 is 4.92 Å². The van der Waals surface area contributed by atoms with Gasteiger partial charge in [-0.05, 0) is 38.5 Å². The molecule has 0 spiro atoms. The first-order valence-electron chi connectivity index (χ1n) is 8.02. The average molecular weight is 294 g/mol. The van der Waals surface area contributed by atoms with Crippen LogP contribution in [0.3, 0.4) is 0 Å². The number of hydrogen-bond donors (Lipinski definition) is 1. The fourth-order valence-corrected chi connectivity index (χ4v) is 3.28. The zero-order valence-corrected chi connectivity index (χ0v) is 13.3. The van der Waals surface area contributed by atoms with Crippen LogP contribution in [0.4, 0.5) is 11.5 Å². The molecule has 6 heteroatoms. The maximum absolute atomic E-state index is 11.2. The Bertz CT molecular complexity index is 490. The van der Waals surface area contributed by atoms with Crippen LogP contribution in [0.2, 0.25) is 0 Å². The maximum Gasteiger partial charge on any atom is 0.333 e. The molecule has 0 unspecified atom stereocenters. The fourth-order valence-electron chi connectivity index (χ4n) is 3.28. The van der Waals surface area contributed by atoms with Gasteiger partial charge in [0.15, 0.2) is 0 Å². The second kappa shape index (κ2) is 6.91. The van der Waals surface area contributed by atoms with Gasteiger partial charge in [-0.15, -0.1) is 0 Å². The van der Waals surface area contributed by atoms with Gasteiger partial charge in [-0.3, -0.25) is 10.1 Å². The van der Waals surface area contributed by atoms with Gasteiger partial charge in [-0.1, -0.05) is 26.2 Å². The lowest BCUT2D eigenvalue weighted by atomic mass is 9.81. The molecule has 0 atom stereocenters. The van der Waals surface area contributed by atoms with Crippen LogP contribution < -0.4 is 5.32 Å². The van der Waals surface area contributed by atoms with Crippen LogP contribution >= 0.6 is 0 Å². The molecule has 0 radical (unpaired) electrons. The third kappa shape index (κ3) is 3.54. The van der Waals surface area contributed by atoms with E-state index in [-0.39, 0.29) is 10.6 Å². The predicted octanol–water partition coefficient (Wildman–Crippen LogP) is 3.75. The Labute approximate surface area is 126 Å². The van der Waals surface area contributed by atoms with Gasteiger partial charge in [0.25, 0.3) is 0 Å². The predicted molar refractivity (Wildman–Crippen MR) is 83.5 cm³/mol. The Balaban J connectivity index is 2.01. The Morgan fingerprint density at radius 2 is 1.90 bits per heavy atom. The van der Waals surface area contributed by atoms with Crippen LogP contribution in [0.15, 0.2) is 0 Å². The topological polar surface area (TPSA) is 73.0 Å². The lowest BCUT2D eigenvalue weighted by Gasteiger charge is -2.28. The average Bonchev–Trinajstić information content (AvgIpc) is 2.81. The van der Waals surface area contributed by atoms with Crippen molar-refractivity contribution in [1.29, 1.82) is 0 Å². The molecule has 118 valence electrons. The SMILES string of the molecule is CCC1CCC(CNc2c([N+](=O)[O-])c(C)nn2CC)CC1. The van der Waals surface area contributed by atoms with E-state index in [0.29, 0.717) is 24.0 Å². The van der Waals surface area contributed by atoms with Crippen molar-refractivity contribution in [2.45, 2.75) is 59.4 Å². The molecule has 2 rings (SSSR count). The Kier molecular flexibility index (Phi) is 5.20. The highest BCUT2D eigenvalue weighted by atomic mass is 16.6. The number of nitrogens with one attached hydrogen (secondary N) is 1. The molecular weight excluding hydrogens is 268 g/mol. The molecule has 1 saturated carbocycles. The fraction of sp³-hybridized carbons (Fsp3) is 0.800. The number of nitro groups is 1. The van der Waals surface area contributed by atoms with E-state index in [1.807, 2.05) is 6.92 Å². The zero-order valence-electron chi connectivity index (χ0n) is 13.3. The van der Waals surface area contributed by atoms with Crippen molar-refractivity contribution in [3.05, 3.63) is 15.8 Å². The quantitative estimate of drug-likeness (QED) is 0.640. The summed E-state index contributed by atoms with van der Waals surface area (Å²) in [6.07, 6.45) is 6.29. The van der Waals surface area contributed by atoms with Crippen LogP contribution in [-0.2, 0) is 6.54 Å². The van der Waals surface area contributed by atoms with Crippen LogP contribution in [0, 0.1) is 28.9 Å². The third-order valence-electron chi connectivity index (χ3n) is 4.68. The number of nitrogens with zero attached hydrogens (tertiary/aromatic N) is 3. The van der Waals surface area contributed by atoms with Gasteiger partial charge in [-0.25, -0.2) is 4.68 Å². The van der Waals surface area contributed by atoms with E-state index >= 15 is 0 Å². The maximum atomic E-state index is 11.2. The summed E-state index contributed by atoms with van der Waals surface area (Å²) in [4.78, 5) is 10.9. The molecule has 0 bridgehead atoms. The van der Waals surface area contributed by atoms with E-state index in [1.165, 1.54) is 32.1 Å². The van der Waals surface area contributed by atoms with Crippen LogP contribution in [0.1, 0.15) is 51.6 Å². The van der Waals surface area contributed by atoms with Gasteiger partial charge in [0, 0.05) is 13.1 Å². The van der Waals surface area contributed by atoms with Gasteiger partial charge < -0.3 is 5.32 Å². The molecule has 1 aromatic rings. The van der Waals surface area contributed by atoms with Gasteiger partial charge >= 0.3 is 5.69 Å². The van der Waals surface area contributed by atoms with Crippen LogP contribution in [-0.4, -0.2) is 21.2 Å². The van der Waals surface area contributed by atoms with Crippen molar-refractivity contribution in [3.63, 3.8) is 0 Å². The molecule has 21 heavy (non-hydrogen) atoms. The van der Waals surface area contributed by atoms with E-state index in [0.717, 1.165) is 12.5 Å². The van der Waals surface area contributed by atoms with Gasteiger partial charge in [-0.2, -0.15) is 5.10 Å². The van der Waals surface area contributed by atoms with E-state index in [2.05, 4.69) is 17.3 Å². The summed E-state index contributed by atoms with van der Waals surface area (Å²) in [5, 5.41) is 18.8. The van der Waals surface area contributed by atoms with Crippen LogP contribution in [0.5, 0.6) is 0 Å². The summed E-state index contributed by atoms with van der Waals surface area (Å²) in [5.41, 5.74) is 0.609. The highest BCUT2D eigenvalue weighted by Gasteiger charge is 2.26. The monoisotopic (exact) mass is 294 g/mol. The van der Waals surface area contributed by atoms with Crippen molar-refractivity contribution >= 4 is 11.5 Å². The third-order valence-corrected chi connectivity index (χ3v) is 4.68. The summed E-state index contributed by atoms with van der Waals surface area (Å²) in [6.45, 7) is 7.35. The zero-order chi connectivity index (χ0) is 15.4. The summed E-state index contributed by atoms with van der Waals surface area (Å²) in [6, 6.07) is 0.